The molecule has 1 saturated heterocycles. The summed E-state index contributed by atoms with van der Waals surface area (Å²) >= 11 is 8.33. The summed E-state index contributed by atoms with van der Waals surface area (Å²) in [6.07, 6.45) is 6.56. The Morgan fingerprint density at radius 1 is 1.25 bits per heavy atom. The molecular formula is C16H22ClNOS. The fraction of sp³-hybridized carbons (Fsp3) is 0.625. The molecule has 2 N–H and O–H groups in total. The Kier molecular flexibility index (Phi) is 4.49. The van der Waals surface area contributed by atoms with Gasteiger partial charge in [-0.25, -0.2) is 0 Å². The summed E-state index contributed by atoms with van der Waals surface area (Å²) in [5.74, 6) is 2.97. The van der Waals surface area contributed by atoms with Crippen LogP contribution in [0.1, 0.15) is 37.7 Å². The van der Waals surface area contributed by atoms with Crippen LogP contribution in [0.5, 0.6) is 5.75 Å². The van der Waals surface area contributed by atoms with Crippen molar-refractivity contribution >= 4 is 23.4 Å². The third-order valence-corrected chi connectivity index (χ3v) is 6.16. The van der Waals surface area contributed by atoms with Crippen molar-refractivity contribution in [3.8, 4) is 5.75 Å². The molecule has 0 aromatic heterocycles. The van der Waals surface area contributed by atoms with E-state index in [9.17, 15) is 0 Å². The van der Waals surface area contributed by atoms with Crippen molar-refractivity contribution in [2.75, 3.05) is 18.1 Å². The van der Waals surface area contributed by atoms with Gasteiger partial charge in [-0.1, -0.05) is 36.9 Å². The van der Waals surface area contributed by atoms with Gasteiger partial charge in [0.2, 0.25) is 0 Å². The summed E-state index contributed by atoms with van der Waals surface area (Å²) in [5.41, 5.74) is 7.52. The van der Waals surface area contributed by atoms with Crippen LogP contribution in [-0.2, 0) is 5.41 Å². The Bertz CT molecular complexity index is 470. The van der Waals surface area contributed by atoms with Crippen LogP contribution in [0.3, 0.4) is 0 Å². The fourth-order valence-electron chi connectivity index (χ4n) is 3.23. The van der Waals surface area contributed by atoms with Gasteiger partial charge in [0.15, 0.2) is 0 Å². The van der Waals surface area contributed by atoms with Gasteiger partial charge in [0, 0.05) is 23.5 Å². The van der Waals surface area contributed by atoms with E-state index in [1.165, 1.54) is 37.7 Å². The molecule has 0 bridgehead atoms. The molecule has 0 atom stereocenters. The Morgan fingerprint density at radius 3 is 2.55 bits per heavy atom. The van der Waals surface area contributed by atoms with Crippen LogP contribution in [0.2, 0.25) is 5.02 Å². The fourth-order valence-corrected chi connectivity index (χ4v) is 4.02. The number of hydrogen-bond donors (Lipinski definition) is 1. The second-order valence-electron chi connectivity index (χ2n) is 5.97. The second-order valence-corrected chi connectivity index (χ2v) is 7.45. The van der Waals surface area contributed by atoms with Gasteiger partial charge < -0.3 is 10.5 Å². The van der Waals surface area contributed by atoms with Gasteiger partial charge in [0.05, 0.1) is 5.02 Å². The molecule has 2 aliphatic rings. The van der Waals surface area contributed by atoms with Gasteiger partial charge in [-0.15, -0.1) is 0 Å². The molecule has 0 amide bonds. The molecule has 1 heterocycles. The lowest BCUT2D eigenvalue weighted by Crippen LogP contribution is -2.37. The standard InChI is InChI=1S/C16H22ClNOS/c17-14-8-12(16(11-18)6-2-1-3-7-16)4-5-15(14)19-13-9-20-10-13/h4-5,8,13H,1-3,6-7,9-11,18H2. The Hall–Kier alpha value is -0.380. The minimum atomic E-state index is 0.132. The Balaban J connectivity index is 1.80. The molecule has 0 unspecified atom stereocenters. The number of benzene rings is 1. The zero-order valence-electron chi connectivity index (χ0n) is 11.7. The monoisotopic (exact) mass is 311 g/mol. The summed E-state index contributed by atoms with van der Waals surface area (Å²) in [7, 11) is 0. The molecule has 2 nitrogen and oxygen atoms in total. The number of rotatable bonds is 4. The molecular weight excluding hydrogens is 290 g/mol. The minimum absolute atomic E-state index is 0.132. The summed E-state index contributed by atoms with van der Waals surface area (Å²) < 4.78 is 5.91. The van der Waals surface area contributed by atoms with Crippen molar-refractivity contribution < 1.29 is 4.74 Å². The summed E-state index contributed by atoms with van der Waals surface area (Å²) in [4.78, 5) is 0. The SMILES string of the molecule is NCC1(c2ccc(OC3CSC3)c(Cl)c2)CCCCC1. The van der Waals surface area contributed by atoms with Crippen LogP contribution in [0.4, 0.5) is 0 Å². The van der Waals surface area contributed by atoms with Gasteiger partial charge >= 0.3 is 0 Å². The largest absolute Gasteiger partial charge is 0.487 e. The van der Waals surface area contributed by atoms with E-state index in [2.05, 4.69) is 12.1 Å². The average Bonchev–Trinajstić information content (AvgIpc) is 2.44. The van der Waals surface area contributed by atoms with Crippen LogP contribution in [0.15, 0.2) is 18.2 Å². The molecule has 20 heavy (non-hydrogen) atoms. The van der Waals surface area contributed by atoms with Crippen LogP contribution >= 0.6 is 23.4 Å². The predicted molar refractivity (Wildman–Crippen MR) is 87.0 cm³/mol. The highest BCUT2D eigenvalue weighted by Gasteiger charge is 2.33. The highest BCUT2D eigenvalue weighted by Crippen LogP contribution is 2.41. The van der Waals surface area contributed by atoms with Crippen molar-refractivity contribution in [2.24, 2.45) is 5.73 Å². The van der Waals surface area contributed by atoms with Crippen molar-refractivity contribution in [1.29, 1.82) is 0 Å². The predicted octanol–water partition coefficient (Wildman–Crippen LogP) is 3.99. The number of nitrogens with two attached hydrogens (primary N) is 1. The lowest BCUT2D eigenvalue weighted by atomic mass is 9.69. The molecule has 1 aliphatic heterocycles. The summed E-state index contributed by atoms with van der Waals surface area (Å²) in [5, 5.41) is 0.734. The van der Waals surface area contributed by atoms with Crippen LogP contribution in [0, 0.1) is 0 Å². The van der Waals surface area contributed by atoms with E-state index in [-0.39, 0.29) is 5.41 Å². The van der Waals surface area contributed by atoms with Crippen LogP contribution in [-0.4, -0.2) is 24.2 Å². The smallest absolute Gasteiger partial charge is 0.138 e. The Labute approximate surface area is 130 Å². The maximum absolute atomic E-state index is 6.42. The molecule has 2 fully saturated rings. The molecule has 1 saturated carbocycles. The molecule has 0 spiro atoms. The minimum Gasteiger partial charge on any atom is -0.487 e. The number of halogens is 1. The molecule has 4 heteroatoms. The maximum Gasteiger partial charge on any atom is 0.138 e. The molecule has 1 aromatic carbocycles. The van der Waals surface area contributed by atoms with Gasteiger partial charge in [0.1, 0.15) is 11.9 Å². The number of thioether (sulfide) groups is 1. The number of hydrogen-bond acceptors (Lipinski definition) is 3. The van der Waals surface area contributed by atoms with Gasteiger partial charge in [-0.2, -0.15) is 11.8 Å². The first-order valence-corrected chi connectivity index (χ1v) is 9.01. The zero-order chi connectivity index (χ0) is 14.0. The first-order valence-electron chi connectivity index (χ1n) is 7.48. The average molecular weight is 312 g/mol. The van der Waals surface area contributed by atoms with Crippen LogP contribution < -0.4 is 10.5 Å². The highest BCUT2D eigenvalue weighted by molar-refractivity contribution is 8.00. The summed E-state index contributed by atoms with van der Waals surface area (Å²) in [6.45, 7) is 0.711. The normalized spacial score (nSPS) is 22.3. The van der Waals surface area contributed by atoms with E-state index in [0.717, 1.165) is 22.3 Å². The number of ether oxygens (including phenoxy) is 1. The maximum atomic E-state index is 6.42. The first-order chi connectivity index (χ1) is 9.73. The van der Waals surface area contributed by atoms with Gasteiger partial charge in [0.25, 0.3) is 0 Å². The van der Waals surface area contributed by atoms with Gasteiger partial charge in [-0.05, 0) is 30.5 Å². The molecule has 3 rings (SSSR count). The molecule has 1 aliphatic carbocycles. The third kappa shape index (κ3) is 2.81. The zero-order valence-corrected chi connectivity index (χ0v) is 13.3. The third-order valence-electron chi connectivity index (χ3n) is 4.65. The van der Waals surface area contributed by atoms with E-state index in [4.69, 9.17) is 22.1 Å². The lowest BCUT2D eigenvalue weighted by molar-refractivity contribution is 0.240. The molecule has 0 radical (unpaired) electrons. The summed E-state index contributed by atoms with van der Waals surface area (Å²) in [6, 6.07) is 6.29. The lowest BCUT2D eigenvalue weighted by Gasteiger charge is -2.37. The van der Waals surface area contributed by atoms with E-state index in [1.54, 1.807) is 0 Å². The van der Waals surface area contributed by atoms with E-state index < -0.39 is 0 Å². The van der Waals surface area contributed by atoms with Crippen LogP contribution in [0.25, 0.3) is 0 Å². The Morgan fingerprint density at radius 2 is 2.00 bits per heavy atom. The topological polar surface area (TPSA) is 35.2 Å². The molecule has 1 aromatic rings. The quantitative estimate of drug-likeness (QED) is 0.913. The van der Waals surface area contributed by atoms with E-state index in [1.807, 2.05) is 17.8 Å². The van der Waals surface area contributed by atoms with Crippen molar-refractivity contribution in [2.45, 2.75) is 43.6 Å². The van der Waals surface area contributed by atoms with Crippen molar-refractivity contribution in [1.82, 2.24) is 0 Å². The van der Waals surface area contributed by atoms with E-state index in [0.29, 0.717) is 12.6 Å². The van der Waals surface area contributed by atoms with Crippen molar-refractivity contribution in [3.63, 3.8) is 0 Å². The van der Waals surface area contributed by atoms with Crippen molar-refractivity contribution in [3.05, 3.63) is 28.8 Å². The molecule has 110 valence electrons. The van der Waals surface area contributed by atoms with Gasteiger partial charge in [-0.3, -0.25) is 0 Å². The van der Waals surface area contributed by atoms with E-state index >= 15 is 0 Å². The highest BCUT2D eigenvalue weighted by atomic mass is 35.5. The second kappa shape index (κ2) is 6.17. The first kappa shape index (κ1) is 14.6.